The molecule has 6 heteroatoms. The van der Waals surface area contributed by atoms with Gasteiger partial charge >= 0.3 is 6.09 Å². The number of carbonyl (C=O) groups excluding carboxylic acids is 1. The Kier molecular flexibility index (Phi) is 5.25. The van der Waals surface area contributed by atoms with E-state index in [1.165, 1.54) is 6.07 Å². The van der Waals surface area contributed by atoms with E-state index in [1.807, 2.05) is 6.92 Å². The molecule has 1 aromatic rings. The van der Waals surface area contributed by atoms with Crippen LogP contribution in [-0.2, 0) is 4.84 Å². The van der Waals surface area contributed by atoms with Crippen molar-refractivity contribution in [2.45, 2.75) is 20.3 Å². The average molecular weight is 275 g/mol. The van der Waals surface area contributed by atoms with Gasteiger partial charge in [0, 0.05) is 5.69 Å². The molecule has 0 radical (unpaired) electrons. The monoisotopic (exact) mass is 274 g/mol. The predicted molar refractivity (Wildman–Crippen MR) is 70.0 cm³/mol. The van der Waals surface area contributed by atoms with E-state index in [1.54, 1.807) is 19.1 Å². The van der Waals surface area contributed by atoms with E-state index in [0.717, 1.165) is 12.1 Å². The molecule has 0 aliphatic rings. The molecule has 4 nitrogen and oxygen atoms in total. The van der Waals surface area contributed by atoms with Crippen molar-refractivity contribution in [3.63, 3.8) is 0 Å². The van der Waals surface area contributed by atoms with Gasteiger partial charge in [-0.15, -0.1) is 0 Å². The quantitative estimate of drug-likeness (QED) is 0.507. The molecule has 0 fully saturated rings. The lowest BCUT2D eigenvalue weighted by Gasteiger charge is -2.04. The van der Waals surface area contributed by atoms with Crippen molar-refractivity contribution in [1.82, 2.24) is 0 Å². The van der Waals surface area contributed by atoms with Crippen LogP contribution >= 0.6 is 23.2 Å². The van der Waals surface area contributed by atoms with Gasteiger partial charge in [0.05, 0.1) is 15.8 Å². The van der Waals surface area contributed by atoms with Crippen LogP contribution in [0.15, 0.2) is 23.4 Å². The highest BCUT2D eigenvalue weighted by molar-refractivity contribution is 6.42. The molecule has 1 amide bonds. The number of amides is 1. The maximum atomic E-state index is 11.3. The second-order valence-electron chi connectivity index (χ2n) is 3.31. The first kappa shape index (κ1) is 13.8. The van der Waals surface area contributed by atoms with Gasteiger partial charge in [0.1, 0.15) is 0 Å². The normalized spacial score (nSPS) is 11.2. The second-order valence-corrected chi connectivity index (χ2v) is 4.13. The summed E-state index contributed by atoms with van der Waals surface area (Å²) in [7, 11) is 0. The highest BCUT2D eigenvalue weighted by Crippen LogP contribution is 2.24. The summed E-state index contributed by atoms with van der Waals surface area (Å²) in [6.45, 7) is 3.69. The van der Waals surface area contributed by atoms with Crippen LogP contribution in [0.25, 0.3) is 0 Å². The first-order valence-electron chi connectivity index (χ1n) is 4.99. The Morgan fingerprint density at radius 2 is 2.12 bits per heavy atom. The van der Waals surface area contributed by atoms with Crippen LogP contribution in [0, 0.1) is 0 Å². The number of hydrogen-bond donors (Lipinski definition) is 1. The molecule has 0 bridgehead atoms. The van der Waals surface area contributed by atoms with Crippen LogP contribution in [0.3, 0.4) is 0 Å². The van der Waals surface area contributed by atoms with E-state index in [9.17, 15) is 4.79 Å². The molecular formula is C11H12Cl2N2O2. The van der Waals surface area contributed by atoms with Crippen molar-refractivity contribution in [2.75, 3.05) is 5.32 Å². The minimum atomic E-state index is -0.670. The van der Waals surface area contributed by atoms with Crippen molar-refractivity contribution in [3.8, 4) is 0 Å². The standard InChI is InChI=1S/C11H12Cl2N2O2/c1-3-7(2)15-17-11(16)14-8-4-5-9(12)10(13)6-8/h4-6H,3H2,1-2H3,(H,14,16). The molecular weight excluding hydrogens is 263 g/mol. The Hall–Kier alpha value is -1.26. The summed E-state index contributed by atoms with van der Waals surface area (Å²) < 4.78 is 0. The Balaban J connectivity index is 2.59. The maximum Gasteiger partial charge on any atom is 0.437 e. The zero-order valence-corrected chi connectivity index (χ0v) is 11.0. The Morgan fingerprint density at radius 3 is 2.71 bits per heavy atom. The van der Waals surface area contributed by atoms with Gasteiger partial charge in [-0.05, 0) is 31.5 Å². The third-order valence-electron chi connectivity index (χ3n) is 1.96. The number of nitrogens with zero attached hydrogens (tertiary/aromatic N) is 1. The molecule has 0 aromatic heterocycles. The van der Waals surface area contributed by atoms with Crippen LogP contribution in [-0.4, -0.2) is 11.8 Å². The molecule has 0 saturated heterocycles. The van der Waals surface area contributed by atoms with Crippen LogP contribution in [0.4, 0.5) is 10.5 Å². The van der Waals surface area contributed by atoms with Gasteiger partial charge in [-0.1, -0.05) is 35.3 Å². The molecule has 0 spiro atoms. The van der Waals surface area contributed by atoms with Crippen molar-refractivity contribution < 1.29 is 9.63 Å². The number of oxime groups is 1. The van der Waals surface area contributed by atoms with Gasteiger partial charge in [-0.2, -0.15) is 0 Å². The first-order chi connectivity index (χ1) is 8.02. The van der Waals surface area contributed by atoms with Gasteiger partial charge < -0.3 is 0 Å². The highest BCUT2D eigenvalue weighted by Gasteiger charge is 2.05. The van der Waals surface area contributed by atoms with Crippen molar-refractivity contribution in [1.29, 1.82) is 0 Å². The van der Waals surface area contributed by atoms with Crippen molar-refractivity contribution in [2.24, 2.45) is 5.16 Å². The van der Waals surface area contributed by atoms with Gasteiger partial charge in [0.25, 0.3) is 0 Å². The fraction of sp³-hybridized carbons (Fsp3) is 0.273. The fourth-order valence-electron chi connectivity index (χ4n) is 0.898. The number of hydrogen-bond acceptors (Lipinski definition) is 3. The number of nitrogens with one attached hydrogen (secondary N) is 1. The van der Waals surface area contributed by atoms with Crippen LogP contribution in [0.1, 0.15) is 20.3 Å². The largest absolute Gasteiger partial charge is 0.437 e. The Bertz CT molecular complexity index is 447. The smallest absolute Gasteiger partial charge is 0.298 e. The lowest BCUT2D eigenvalue weighted by Crippen LogP contribution is -2.11. The average Bonchev–Trinajstić information content (AvgIpc) is 2.31. The summed E-state index contributed by atoms with van der Waals surface area (Å²) in [5.74, 6) is 0. The van der Waals surface area contributed by atoms with E-state index in [0.29, 0.717) is 15.7 Å². The van der Waals surface area contributed by atoms with E-state index < -0.39 is 6.09 Å². The highest BCUT2D eigenvalue weighted by atomic mass is 35.5. The van der Waals surface area contributed by atoms with Gasteiger partial charge in [0.2, 0.25) is 0 Å². The summed E-state index contributed by atoms with van der Waals surface area (Å²) >= 11 is 11.5. The molecule has 0 aliphatic heterocycles. The minimum absolute atomic E-state index is 0.359. The fourth-order valence-corrected chi connectivity index (χ4v) is 1.20. The SMILES string of the molecule is CCC(C)=NOC(=O)Nc1ccc(Cl)c(Cl)c1. The summed E-state index contributed by atoms with van der Waals surface area (Å²) in [6.07, 6.45) is 0.0521. The lowest BCUT2D eigenvalue weighted by molar-refractivity contribution is 0.166. The summed E-state index contributed by atoms with van der Waals surface area (Å²) in [6, 6.07) is 4.73. The van der Waals surface area contributed by atoms with E-state index in [4.69, 9.17) is 23.2 Å². The van der Waals surface area contributed by atoms with E-state index in [2.05, 4.69) is 15.3 Å². The van der Waals surface area contributed by atoms with Crippen molar-refractivity contribution >= 4 is 40.7 Å². The van der Waals surface area contributed by atoms with Crippen LogP contribution in [0.2, 0.25) is 10.0 Å². The summed E-state index contributed by atoms with van der Waals surface area (Å²) in [4.78, 5) is 15.9. The molecule has 0 unspecified atom stereocenters. The van der Waals surface area contributed by atoms with Crippen LogP contribution < -0.4 is 5.32 Å². The lowest BCUT2D eigenvalue weighted by atomic mass is 10.3. The van der Waals surface area contributed by atoms with Gasteiger partial charge in [-0.3, -0.25) is 10.2 Å². The number of carbonyl (C=O) groups is 1. The molecule has 17 heavy (non-hydrogen) atoms. The third-order valence-corrected chi connectivity index (χ3v) is 2.70. The maximum absolute atomic E-state index is 11.3. The summed E-state index contributed by atoms with van der Waals surface area (Å²) in [5, 5.41) is 6.88. The Labute approximate surface area is 110 Å². The number of halogens is 2. The topological polar surface area (TPSA) is 50.7 Å². The summed E-state index contributed by atoms with van der Waals surface area (Å²) in [5.41, 5.74) is 1.23. The number of rotatable bonds is 3. The number of anilines is 1. The molecule has 92 valence electrons. The van der Waals surface area contributed by atoms with Gasteiger partial charge in [-0.25, -0.2) is 4.79 Å². The minimum Gasteiger partial charge on any atom is -0.298 e. The zero-order chi connectivity index (χ0) is 12.8. The molecule has 0 saturated carbocycles. The van der Waals surface area contributed by atoms with Crippen molar-refractivity contribution in [3.05, 3.63) is 28.2 Å². The second kappa shape index (κ2) is 6.47. The molecule has 0 atom stereocenters. The Morgan fingerprint density at radius 1 is 1.41 bits per heavy atom. The number of benzene rings is 1. The van der Waals surface area contributed by atoms with E-state index in [-0.39, 0.29) is 0 Å². The predicted octanol–water partition coefficient (Wildman–Crippen LogP) is 4.33. The van der Waals surface area contributed by atoms with Crippen LogP contribution in [0.5, 0.6) is 0 Å². The zero-order valence-electron chi connectivity index (χ0n) is 9.46. The van der Waals surface area contributed by atoms with Gasteiger partial charge in [0.15, 0.2) is 0 Å². The molecule has 0 aliphatic carbocycles. The molecule has 1 aromatic carbocycles. The first-order valence-corrected chi connectivity index (χ1v) is 5.75. The molecule has 0 heterocycles. The third kappa shape index (κ3) is 4.63. The van der Waals surface area contributed by atoms with E-state index >= 15 is 0 Å². The molecule has 1 N–H and O–H groups in total. The molecule has 1 rings (SSSR count).